The van der Waals surface area contributed by atoms with Gasteiger partial charge in [0.05, 0.1) is 41.6 Å². The number of aliphatic imine (C=N–C) groups is 1. The molecule has 0 unspecified atom stereocenters. The molecule has 15 nitrogen and oxygen atoms in total. The van der Waals surface area contributed by atoms with Gasteiger partial charge in [-0.3, -0.25) is 14.4 Å². The van der Waals surface area contributed by atoms with Gasteiger partial charge in [-0.1, -0.05) is 11.6 Å². The molecule has 10 rings (SSSR count). The zero-order valence-corrected chi connectivity index (χ0v) is 38.2. The number of anilines is 1. The van der Waals surface area contributed by atoms with E-state index in [-0.39, 0.29) is 29.5 Å². The number of fused-ring (bicyclic) bond motifs is 3. The Morgan fingerprint density at radius 3 is 2.66 bits per heavy atom. The first-order valence-corrected chi connectivity index (χ1v) is 23.7. The number of thiophene rings is 1. The van der Waals surface area contributed by atoms with Gasteiger partial charge in [-0.25, -0.2) is 9.97 Å². The van der Waals surface area contributed by atoms with E-state index < -0.39 is 0 Å². The molecular weight excluding hydrogens is 862 g/mol. The Kier molecular flexibility index (Phi) is 11.8. The lowest BCUT2D eigenvalue weighted by Gasteiger charge is -2.41. The van der Waals surface area contributed by atoms with E-state index in [1.807, 2.05) is 25.3 Å². The van der Waals surface area contributed by atoms with E-state index in [2.05, 4.69) is 66.1 Å². The summed E-state index contributed by atoms with van der Waals surface area (Å²) in [4.78, 5) is 31.3. The lowest BCUT2D eigenvalue weighted by molar-refractivity contribution is 0.0888. The molecule has 0 radical (unpaired) electrons. The third kappa shape index (κ3) is 8.83. The Labute approximate surface area is 386 Å². The largest absolute Gasteiger partial charge is 0.490 e. The van der Waals surface area contributed by atoms with E-state index in [0.717, 1.165) is 104 Å². The second kappa shape index (κ2) is 18.0. The van der Waals surface area contributed by atoms with Crippen LogP contribution in [0.15, 0.2) is 70.5 Å². The minimum absolute atomic E-state index is 0.0250. The summed E-state index contributed by atoms with van der Waals surface area (Å²) in [6.07, 6.45) is 14.3. The van der Waals surface area contributed by atoms with Crippen LogP contribution in [0, 0.1) is 43.4 Å². The maximum atomic E-state index is 13.2. The van der Waals surface area contributed by atoms with E-state index in [0.29, 0.717) is 52.7 Å². The summed E-state index contributed by atoms with van der Waals surface area (Å²) in [5.74, 6) is 4.44. The van der Waals surface area contributed by atoms with Crippen molar-refractivity contribution in [3.63, 3.8) is 0 Å². The molecule has 65 heavy (non-hydrogen) atoms. The van der Waals surface area contributed by atoms with Gasteiger partial charge < -0.3 is 24.1 Å². The minimum atomic E-state index is -0.351. The maximum Gasteiger partial charge on any atom is 0.272 e. The summed E-state index contributed by atoms with van der Waals surface area (Å²) in [6.45, 7) is 8.70. The van der Waals surface area contributed by atoms with E-state index in [9.17, 15) is 4.79 Å². The monoisotopic (exact) mass is 911 g/mol. The van der Waals surface area contributed by atoms with Crippen LogP contribution >= 0.6 is 22.9 Å². The summed E-state index contributed by atoms with van der Waals surface area (Å²) in [6, 6.07) is 14.6. The zero-order valence-electron chi connectivity index (χ0n) is 36.7. The number of hydrogen-bond donors (Lipinski definition) is 1. The van der Waals surface area contributed by atoms with Crippen LogP contribution in [0.3, 0.4) is 0 Å². The number of aromatic nitrogens is 7. The molecule has 1 amide bonds. The summed E-state index contributed by atoms with van der Waals surface area (Å²) in [5, 5.41) is 31.7. The van der Waals surface area contributed by atoms with Crippen LogP contribution in [0.2, 0.25) is 5.02 Å². The molecule has 7 heterocycles. The van der Waals surface area contributed by atoms with Crippen molar-refractivity contribution in [2.75, 3.05) is 24.6 Å². The van der Waals surface area contributed by atoms with Crippen LogP contribution in [0.1, 0.15) is 119 Å². The van der Waals surface area contributed by atoms with Gasteiger partial charge in [0.15, 0.2) is 23.2 Å². The number of carbonyl (C=O) groups is 1. The molecule has 1 N–H and O–H groups in total. The molecule has 3 fully saturated rings. The first kappa shape index (κ1) is 42.8. The van der Waals surface area contributed by atoms with Crippen LogP contribution in [-0.4, -0.2) is 78.4 Å². The molecule has 4 aliphatic rings. The Hall–Kier alpha value is -6.18. The van der Waals surface area contributed by atoms with Crippen LogP contribution in [0.4, 0.5) is 5.82 Å². The number of rotatable bonds is 11. The number of hydrogen-bond acceptors (Lipinski definition) is 14. The number of halogens is 1. The van der Waals surface area contributed by atoms with Crippen LogP contribution < -0.4 is 19.7 Å². The Morgan fingerprint density at radius 1 is 1.03 bits per heavy atom. The fourth-order valence-corrected chi connectivity index (χ4v) is 11.6. The van der Waals surface area contributed by atoms with Crippen molar-refractivity contribution in [3.05, 3.63) is 117 Å². The molecule has 1 spiro atoms. The van der Waals surface area contributed by atoms with Gasteiger partial charge in [0.2, 0.25) is 5.88 Å². The van der Waals surface area contributed by atoms with Gasteiger partial charge in [0.25, 0.3) is 5.91 Å². The number of nitrogens with one attached hydrogen (secondary N) is 1. The lowest BCUT2D eigenvalue weighted by atomic mass is 9.78. The fraction of sp³-hybridized carbons (Fsp3) is 0.438. The predicted octanol–water partition coefficient (Wildman–Crippen LogP) is 8.67. The minimum Gasteiger partial charge on any atom is -0.490 e. The highest BCUT2D eigenvalue weighted by Gasteiger charge is 2.43. The number of carbonyl (C=O) groups excluding carboxylic acids is 1. The Morgan fingerprint density at radius 2 is 1.91 bits per heavy atom. The summed E-state index contributed by atoms with van der Waals surface area (Å²) in [5.41, 5.74) is 4.94. The van der Waals surface area contributed by atoms with Crippen LogP contribution in [0.25, 0.3) is 5.00 Å². The molecule has 1 saturated heterocycles. The predicted molar refractivity (Wildman–Crippen MR) is 245 cm³/mol. The molecule has 1 aromatic carbocycles. The molecule has 17 heteroatoms. The van der Waals surface area contributed by atoms with E-state index >= 15 is 0 Å². The standard InChI is InChI=1S/C48H50ClN11O4S/c1-28-29(2)65-47-43(28)44(54-39(22-42-51-18-20-62-42)45-58-55-30(3)60(45)47)33-6-14-41(52-25-33)63-26-31-15-17-48(23-31)16-4-19-59(27-48)40-13-12-38(56-57-40)46(61)53-34-7-10-35(11-8-34)64-36-9-5-32(24-50)37(49)21-36/h5-6,9,12-14,18,20-21,25,31,34-35,39H,4,7-8,10-11,15-17,19,22-23,26-27H2,1-3H3,(H,53,61)/t31-,34?,35?,39-,48+/m0/s1. The number of benzene rings is 1. The Bertz CT molecular complexity index is 2760. The fourth-order valence-electron chi connectivity index (χ4n) is 10.1. The number of nitriles is 1. The molecule has 2 saturated carbocycles. The molecule has 2 aliphatic carbocycles. The molecule has 5 aromatic heterocycles. The number of amides is 1. The highest BCUT2D eigenvalue weighted by Crippen LogP contribution is 2.48. The topological polar surface area (TPSA) is 182 Å². The van der Waals surface area contributed by atoms with Crippen molar-refractivity contribution in [2.45, 2.75) is 103 Å². The van der Waals surface area contributed by atoms with Crippen LogP contribution in [0.5, 0.6) is 11.6 Å². The normalized spacial score (nSPS) is 22.7. The lowest BCUT2D eigenvalue weighted by Crippen LogP contribution is -2.43. The molecule has 6 aromatic rings. The number of ether oxygens (including phenoxy) is 2. The first-order chi connectivity index (χ1) is 31.6. The molecule has 3 atom stereocenters. The van der Waals surface area contributed by atoms with Gasteiger partial charge in [-0.05, 0) is 126 Å². The highest BCUT2D eigenvalue weighted by molar-refractivity contribution is 7.15. The molecular formula is C48H50ClN11O4S. The van der Waals surface area contributed by atoms with Gasteiger partial charge in [-0.15, -0.1) is 31.7 Å². The van der Waals surface area contributed by atoms with E-state index in [1.54, 1.807) is 48.1 Å². The quantitative estimate of drug-likeness (QED) is 0.131. The van der Waals surface area contributed by atoms with Gasteiger partial charge >= 0.3 is 0 Å². The summed E-state index contributed by atoms with van der Waals surface area (Å²) < 4.78 is 20.3. The maximum absolute atomic E-state index is 13.2. The average Bonchev–Trinajstić information content (AvgIpc) is 4.11. The molecule has 2 aliphatic heterocycles. The van der Waals surface area contributed by atoms with E-state index in [4.69, 9.17) is 40.7 Å². The van der Waals surface area contributed by atoms with Crippen molar-refractivity contribution in [2.24, 2.45) is 16.3 Å². The average molecular weight is 913 g/mol. The van der Waals surface area contributed by atoms with Crippen molar-refractivity contribution in [3.8, 4) is 22.7 Å². The third-order valence-corrected chi connectivity index (χ3v) is 15.1. The number of oxazole rings is 1. The molecule has 334 valence electrons. The van der Waals surface area contributed by atoms with E-state index in [1.165, 1.54) is 16.9 Å². The summed E-state index contributed by atoms with van der Waals surface area (Å²) in [7, 11) is 0. The second-order valence-corrected chi connectivity index (χ2v) is 19.6. The second-order valence-electron chi connectivity index (χ2n) is 18.0. The number of pyridine rings is 1. The van der Waals surface area contributed by atoms with Crippen molar-refractivity contribution < 1.29 is 18.7 Å². The SMILES string of the molecule is Cc1sc2c(c1C)C(c1ccc(OC[C@H]3CC[C@]4(CCCN(c5ccc(C(=O)NC6CCC(Oc7ccc(C#N)c(Cl)c7)CC6)nn5)C4)C3)nc1)=N[C@@H](Cc1ncco1)c1nnc(C)n1-2. The number of piperidine rings is 1. The Balaban J connectivity index is 0.731. The van der Waals surface area contributed by atoms with Gasteiger partial charge in [0.1, 0.15) is 34.9 Å². The summed E-state index contributed by atoms with van der Waals surface area (Å²) >= 11 is 7.91. The van der Waals surface area contributed by atoms with Crippen LogP contribution in [-0.2, 0) is 6.42 Å². The smallest absolute Gasteiger partial charge is 0.272 e. The molecule has 0 bridgehead atoms. The van der Waals surface area contributed by atoms with Gasteiger partial charge in [0, 0.05) is 53.5 Å². The van der Waals surface area contributed by atoms with Gasteiger partial charge in [-0.2, -0.15) is 5.26 Å². The number of nitrogens with zero attached hydrogens (tertiary/aromatic N) is 10. The number of aryl methyl sites for hydroxylation is 2. The van der Waals surface area contributed by atoms with Crippen molar-refractivity contribution >= 4 is 40.4 Å². The zero-order chi connectivity index (χ0) is 44.7. The highest BCUT2D eigenvalue weighted by atomic mass is 35.5. The first-order valence-electron chi connectivity index (χ1n) is 22.5. The van der Waals surface area contributed by atoms with Crippen molar-refractivity contribution in [1.82, 2.24) is 40.2 Å². The third-order valence-electron chi connectivity index (χ3n) is 13.6. The van der Waals surface area contributed by atoms with Crippen molar-refractivity contribution in [1.29, 1.82) is 5.26 Å².